The molecule has 0 saturated carbocycles. The molecule has 0 atom stereocenters. The van der Waals surface area contributed by atoms with E-state index in [4.69, 9.17) is 11.6 Å². The molecule has 1 aromatic carbocycles. The van der Waals surface area contributed by atoms with Crippen molar-refractivity contribution >= 4 is 28.9 Å². The van der Waals surface area contributed by atoms with Gasteiger partial charge in [0.15, 0.2) is 0 Å². The number of amides is 1. The van der Waals surface area contributed by atoms with Gasteiger partial charge in [0.25, 0.3) is 5.69 Å². The molecule has 0 unspecified atom stereocenters. The van der Waals surface area contributed by atoms with Gasteiger partial charge in [-0.3, -0.25) is 14.9 Å². The van der Waals surface area contributed by atoms with Crippen LogP contribution < -0.4 is 4.90 Å². The molecule has 0 N–H and O–H groups in total. The van der Waals surface area contributed by atoms with E-state index in [0.717, 1.165) is 12.8 Å². The Morgan fingerprint density at radius 3 is 2.57 bits per heavy atom. The van der Waals surface area contributed by atoms with Crippen molar-refractivity contribution in [1.29, 1.82) is 0 Å². The predicted octanol–water partition coefficient (Wildman–Crippen LogP) is 2.70. The number of carbonyl (C=O) groups excluding carboxylic acids is 1. The van der Waals surface area contributed by atoms with Crippen LogP contribution in [-0.4, -0.2) is 41.9 Å². The summed E-state index contributed by atoms with van der Waals surface area (Å²) in [6.07, 6.45) is 1.60. The van der Waals surface area contributed by atoms with E-state index in [2.05, 4.69) is 0 Å². The SMILES string of the molecule is CC(=O)N(C)C1CCN(c2ccc(Cl)cc2[N+](=O)[O-])CC1. The molecule has 0 spiro atoms. The normalized spacial score (nSPS) is 15.9. The average molecular weight is 312 g/mol. The molecular weight excluding hydrogens is 294 g/mol. The highest BCUT2D eigenvalue weighted by Gasteiger charge is 2.27. The number of hydrogen-bond acceptors (Lipinski definition) is 4. The molecule has 6 nitrogen and oxygen atoms in total. The number of nitro groups is 1. The van der Waals surface area contributed by atoms with Crippen molar-refractivity contribution < 1.29 is 9.72 Å². The van der Waals surface area contributed by atoms with Gasteiger partial charge in [-0.2, -0.15) is 0 Å². The van der Waals surface area contributed by atoms with Crippen LogP contribution in [0.2, 0.25) is 5.02 Å². The Morgan fingerprint density at radius 1 is 1.43 bits per heavy atom. The summed E-state index contributed by atoms with van der Waals surface area (Å²) >= 11 is 5.83. The largest absolute Gasteiger partial charge is 0.366 e. The fourth-order valence-electron chi connectivity index (χ4n) is 2.66. The summed E-state index contributed by atoms with van der Waals surface area (Å²) in [6, 6.07) is 4.93. The fraction of sp³-hybridized carbons (Fsp3) is 0.500. The maximum Gasteiger partial charge on any atom is 0.294 e. The van der Waals surface area contributed by atoms with E-state index in [0.29, 0.717) is 23.8 Å². The van der Waals surface area contributed by atoms with Crippen LogP contribution in [0.25, 0.3) is 0 Å². The van der Waals surface area contributed by atoms with Crippen LogP contribution in [0, 0.1) is 10.1 Å². The number of halogens is 1. The summed E-state index contributed by atoms with van der Waals surface area (Å²) in [7, 11) is 1.80. The van der Waals surface area contributed by atoms with Crippen LogP contribution in [0.5, 0.6) is 0 Å². The summed E-state index contributed by atoms with van der Waals surface area (Å²) in [4.78, 5) is 25.9. The smallest absolute Gasteiger partial charge is 0.294 e. The van der Waals surface area contributed by atoms with E-state index in [1.165, 1.54) is 6.07 Å². The second-order valence-electron chi connectivity index (χ2n) is 5.24. The monoisotopic (exact) mass is 311 g/mol. The van der Waals surface area contributed by atoms with Gasteiger partial charge in [0.05, 0.1) is 4.92 Å². The van der Waals surface area contributed by atoms with Crippen LogP contribution >= 0.6 is 11.6 Å². The second-order valence-corrected chi connectivity index (χ2v) is 5.67. The molecule has 2 rings (SSSR count). The van der Waals surface area contributed by atoms with Gasteiger partial charge in [0, 0.05) is 44.2 Å². The van der Waals surface area contributed by atoms with Crippen molar-refractivity contribution in [1.82, 2.24) is 4.90 Å². The maximum atomic E-state index is 11.4. The van der Waals surface area contributed by atoms with E-state index in [1.807, 2.05) is 4.90 Å². The maximum absolute atomic E-state index is 11.4. The Labute approximate surface area is 128 Å². The van der Waals surface area contributed by atoms with Gasteiger partial charge in [0.2, 0.25) is 5.91 Å². The average Bonchev–Trinajstić information content (AvgIpc) is 2.46. The summed E-state index contributed by atoms with van der Waals surface area (Å²) in [6.45, 7) is 2.92. The number of benzene rings is 1. The third-order valence-corrected chi connectivity index (χ3v) is 4.22. The van der Waals surface area contributed by atoms with E-state index >= 15 is 0 Å². The lowest BCUT2D eigenvalue weighted by molar-refractivity contribution is -0.384. The number of rotatable bonds is 3. The zero-order valence-corrected chi connectivity index (χ0v) is 12.8. The van der Waals surface area contributed by atoms with Gasteiger partial charge < -0.3 is 9.80 Å². The van der Waals surface area contributed by atoms with Crippen molar-refractivity contribution in [3.63, 3.8) is 0 Å². The predicted molar refractivity (Wildman–Crippen MR) is 81.8 cm³/mol. The Bertz CT molecular complexity index is 556. The molecule has 0 aliphatic carbocycles. The second kappa shape index (κ2) is 6.30. The first-order valence-corrected chi connectivity index (χ1v) is 7.20. The number of nitro benzene ring substituents is 1. The molecule has 1 fully saturated rings. The summed E-state index contributed by atoms with van der Waals surface area (Å²) in [5, 5.41) is 11.5. The molecule has 1 amide bonds. The summed E-state index contributed by atoms with van der Waals surface area (Å²) < 4.78 is 0. The molecule has 0 radical (unpaired) electrons. The highest BCUT2D eigenvalue weighted by Crippen LogP contribution is 2.33. The molecular formula is C14H18ClN3O3. The quantitative estimate of drug-likeness (QED) is 0.636. The first-order chi connectivity index (χ1) is 9.90. The number of carbonyl (C=O) groups is 1. The molecule has 1 heterocycles. The first kappa shape index (κ1) is 15.6. The van der Waals surface area contributed by atoms with Gasteiger partial charge in [-0.1, -0.05) is 11.6 Å². The van der Waals surface area contributed by atoms with E-state index < -0.39 is 4.92 Å². The lowest BCUT2D eigenvalue weighted by atomic mass is 10.0. The van der Waals surface area contributed by atoms with Crippen molar-refractivity contribution in [3.05, 3.63) is 33.3 Å². The van der Waals surface area contributed by atoms with Crippen LogP contribution in [0.1, 0.15) is 19.8 Å². The lowest BCUT2D eigenvalue weighted by Gasteiger charge is -2.37. The number of anilines is 1. The standard InChI is InChI=1S/C14H18ClN3O3/c1-10(19)16(2)12-5-7-17(8-6-12)13-4-3-11(15)9-14(13)18(20)21/h3-4,9,12H,5-8H2,1-2H3. The molecule has 21 heavy (non-hydrogen) atoms. The lowest BCUT2D eigenvalue weighted by Crippen LogP contribution is -2.45. The topological polar surface area (TPSA) is 66.7 Å². The number of nitrogens with zero attached hydrogens (tertiary/aromatic N) is 3. The zero-order chi connectivity index (χ0) is 15.6. The molecule has 1 aliphatic heterocycles. The highest BCUT2D eigenvalue weighted by atomic mass is 35.5. The third kappa shape index (κ3) is 3.44. The zero-order valence-electron chi connectivity index (χ0n) is 12.1. The number of hydrogen-bond donors (Lipinski definition) is 0. The molecule has 0 bridgehead atoms. The van der Waals surface area contributed by atoms with E-state index in [-0.39, 0.29) is 17.6 Å². The fourth-order valence-corrected chi connectivity index (χ4v) is 2.83. The molecule has 0 aromatic heterocycles. The summed E-state index contributed by atoms with van der Waals surface area (Å²) in [5.74, 6) is 0.0472. The van der Waals surface area contributed by atoms with Gasteiger partial charge >= 0.3 is 0 Å². The summed E-state index contributed by atoms with van der Waals surface area (Å²) in [5.41, 5.74) is 0.620. The Morgan fingerprint density at radius 2 is 2.05 bits per heavy atom. The van der Waals surface area contributed by atoms with Crippen LogP contribution in [0.3, 0.4) is 0 Å². The van der Waals surface area contributed by atoms with Crippen molar-refractivity contribution in [3.8, 4) is 0 Å². The van der Waals surface area contributed by atoms with Crippen molar-refractivity contribution in [2.45, 2.75) is 25.8 Å². The molecule has 1 saturated heterocycles. The van der Waals surface area contributed by atoms with Crippen molar-refractivity contribution in [2.75, 3.05) is 25.0 Å². The molecule has 114 valence electrons. The van der Waals surface area contributed by atoms with Gasteiger partial charge in [0.1, 0.15) is 5.69 Å². The Kier molecular flexibility index (Phi) is 4.67. The highest BCUT2D eigenvalue weighted by molar-refractivity contribution is 6.30. The van der Waals surface area contributed by atoms with Crippen LogP contribution in [0.4, 0.5) is 11.4 Å². The minimum atomic E-state index is -0.408. The van der Waals surface area contributed by atoms with Gasteiger partial charge in [-0.25, -0.2) is 0 Å². The Hall–Kier alpha value is -1.82. The van der Waals surface area contributed by atoms with Gasteiger partial charge in [-0.15, -0.1) is 0 Å². The van der Waals surface area contributed by atoms with Crippen LogP contribution in [0.15, 0.2) is 18.2 Å². The van der Waals surface area contributed by atoms with Crippen molar-refractivity contribution in [2.24, 2.45) is 0 Å². The number of piperidine rings is 1. The first-order valence-electron chi connectivity index (χ1n) is 6.82. The molecule has 1 aliphatic rings. The molecule has 1 aromatic rings. The molecule has 7 heteroatoms. The Balaban J connectivity index is 2.12. The third-order valence-electron chi connectivity index (χ3n) is 3.98. The van der Waals surface area contributed by atoms with E-state index in [9.17, 15) is 14.9 Å². The van der Waals surface area contributed by atoms with Gasteiger partial charge in [-0.05, 0) is 25.0 Å². The van der Waals surface area contributed by atoms with Crippen LogP contribution in [-0.2, 0) is 4.79 Å². The van der Waals surface area contributed by atoms with E-state index in [1.54, 1.807) is 31.0 Å². The minimum Gasteiger partial charge on any atom is -0.366 e. The minimum absolute atomic E-state index is 0.0286.